The summed E-state index contributed by atoms with van der Waals surface area (Å²) in [5, 5.41) is 0.526. The number of nitrogens with zero attached hydrogens (tertiary/aromatic N) is 3. The Morgan fingerprint density at radius 1 is 1.16 bits per heavy atom. The van der Waals surface area contributed by atoms with Crippen LogP contribution in [0.25, 0.3) is 16.6 Å². The molecule has 1 aromatic heterocycles. The molecule has 0 aliphatic heterocycles. The molecule has 2 aromatic carbocycles. The highest BCUT2D eigenvalue weighted by atomic mass is 16.5. The summed E-state index contributed by atoms with van der Waals surface area (Å²) < 4.78 is 7.18. The maximum Gasteiger partial charge on any atom is 0.266 e. The molecule has 6 heteroatoms. The third-order valence-electron chi connectivity index (χ3n) is 5.46. The van der Waals surface area contributed by atoms with Gasteiger partial charge in [-0.2, -0.15) is 0 Å². The number of hydrogen-bond acceptors (Lipinski definition) is 4. The molecule has 0 N–H and O–H groups in total. The highest BCUT2D eigenvalue weighted by Crippen LogP contribution is 2.29. The summed E-state index contributed by atoms with van der Waals surface area (Å²) in [6.45, 7) is 10.4. The van der Waals surface area contributed by atoms with E-state index < -0.39 is 6.04 Å². The molecule has 0 fully saturated rings. The molecule has 6 nitrogen and oxygen atoms in total. The van der Waals surface area contributed by atoms with E-state index in [9.17, 15) is 9.59 Å². The molecule has 1 unspecified atom stereocenters. The Labute approximate surface area is 183 Å². The second-order valence-corrected chi connectivity index (χ2v) is 8.26. The number of fused-ring (bicyclic) bond motifs is 1. The number of aromatic nitrogens is 2. The normalized spacial score (nSPS) is 12.2. The van der Waals surface area contributed by atoms with Crippen LogP contribution in [0, 0.1) is 12.8 Å². The molecule has 164 valence electrons. The van der Waals surface area contributed by atoms with Gasteiger partial charge in [-0.25, -0.2) is 4.98 Å². The standard InChI is InChI=1S/C25H31N3O3/c1-7-27(23(29)14-16(2)3)18(5)24-26-20-11-9-8-10-19(20)25(30)28(24)21-15-17(4)12-13-22(21)31-6/h8-13,15-16,18H,7,14H2,1-6H3. The van der Waals surface area contributed by atoms with E-state index in [-0.39, 0.29) is 17.4 Å². The summed E-state index contributed by atoms with van der Waals surface area (Å²) in [6.07, 6.45) is 0.448. The van der Waals surface area contributed by atoms with Crippen molar-refractivity contribution >= 4 is 16.8 Å². The van der Waals surface area contributed by atoms with Gasteiger partial charge in [-0.3, -0.25) is 14.2 Å². The van der Waals surface area contributed by atoms with Crippen LogP contribution < -0.4 is 10.3 Å². The lowest BCUT2D eigenvalue weighted by Crippen LogP contribution is -2.37. The van der Waals surface area contributed by atoms with Crippen LogP contribution in [0.1, 0.15) is 51.5 Å². The predicted octanol–water partition coefficient (Wildman–Crippen LogP) is 4.66. The highest BCUT2D eigenvalue weighted by Gasteiger charge is 2.27. The largest absolute Gasteiger partial charge is 0.495 e. The van der Waals surface area contributed by atoms with Crippen LogP contribution in [0.2, 0.25) is 0 Å². The lowest BCUT2D eigenvalue weighted by atomic mass is 10.1. The van der Waals surface area contributed by atoms with Crippen molar-refractivity contribution in [2.45, 2.75) is 47.1 Å². The first kappa shape index (κ1) is 22.5. The molecule has 31 heavy (non-hydrogen) atoms. The van der Waals surface area contributed by atoms with Crippen LogP contribution in [0.5, 0.6) is 5.75 Å². The topological polar surface area (TPSA) is 64.4 Å². The van der Waals surface area contributed by atoms with E-state index >= 15 is 0 Å². The average molecular weight is 422 g/mol. The molecule has 3 rings (SSSR count). The average Bonchev–Trinajstić information content (AvgIpc) is 2.73. The number of para-hydroxylation sites is 1. The molecular formula is C25H31N3O3. The van der Waals surface area contributed by atoms with E-state index in [1.165, 1.54) is 0 Å². The van der Waals surface area contributed by atoms with Crippen LogP contribution in [0.3, 0.4) is 0 Å². The smallest absolute Gasteiger partial charge is 0.266 e. The first-order valence-corrected chi connectivity index (χ1v) is 10.7. The second kappa shape index (κ2) is 9.33. The minimum Gasteiger partial charge on any atom is -0.495 e. The minimum atomic E-state index is -0.390. The van der Waals surface area contributed by atoms with E-state index in [0.717, 1.165) is 5.56 Å². The van der Waals surface area contributed by atoms with Gasteiger partial charge in [-0.15, -0.1) is 0 Å². The molecule has 0 saturated carbocycles. The number of carbonyl (C=O) groups is 1. The highest BCUT2D eigenvalue weighted by molar-refractivity contribution is 5.79. The maximum absolute atomic E-state index is 13.7. The van der Waals surface area contributed by atoms with Crippen molar-refractivity contribution in [2.24, 2.45) is 5.92 Å². The first-order chi connectivity index (χ1) is 14.8. The van der Waals surface area contributed by atoms with Gasteiger partial charge in [0, 0.05) is 13.0 Å². The molecule has 1 atom stereocenters. The van der Waals surface area contributed by atoms with Crippen molar-refractivity contribution < 1.29 is 9.53 Å². The zero-order chi connectivity index (χ0) is 22.7. The Hall–Kier alpha value is -3.15. The molecule has 0 saturated heterocycles. The van der Waals surface area contributed by atoms with Gasteiger partial charge in [-0.05, 0) is 56.5 Å². The molecule has 0 aliphatic carbocycles. The fraction of sp³-hybridized carbons (Fsp3) is 0.400. The van der Waals surface area contributed by atoms with Crippen LogP contribution >= 0.6 is 0 Å². The van der Waals surface area contributed by atoms with Gasteiger partial charge >= 0.3 is 0 Å². The van der Waals surface area contributed by atoms with Crippen molar-refractivity contribution in [2.75, 3.05) is 13.7 Å². The molecule has 0 spiro atoms. The maximum atomic E-state index is 13.7. The van der Waals surface area contributed by atoms with Gasteiger partial charge in [0.15, 0.2) is 0 Å². The Balaban J connectivity index is 2.30. The summed E-state index contributed by atoms with van der Waals surface area (Å²) in [4.78, 5) is 33.3. The first-order valence-electron chi connectivity index (χ1n) is 10.7. The number of hydrogen-bond donors (Lipinski definition) is 0. The predicted molar refractivity (Wildman–Crippen MR) is 124 cm³/mol. The number of carbonyl (C=O) groups excluding carboxylic acids is 1. The number of amides is 1. The van der Waals surface area contributed by atoms with Gasteiger partial charge in [0.25, 0.3) is 5.56 Å². The fourth-order valence-corrected chi connectivity index (χ4v) is 3.91. The van der Waals surface area contributed by atoms with Crippen molar-refractivity contribution in [1.29, 1.82) is 0 Å². The summed E-state index contributed by atoms with van der Waals surface area (Å²) >= 11 is 0. The van der Waals surface area contributed by atoms with Crippen LogP contribution in [0.15, 0.2) is 47.3 Å². The van der Waals surface area contributed by atoms with Gasteiger partial charge in [0.1, 0.15) is 11.6 Å². The summed E-state index contributed by atoms with van der Waals surface area (Å²) in [5.41, 5.74) is 2.06. The van der Waals surface area contributed by atoms with Gasteiger partial charge in [0.2, 0.25) is 5.91 Å². The fourth-order valence-electron chi connectivity index (χ4n) is 3.91. The number of ether oxygens (including phenoxy) is 1. The van der Waals surface area contributed by atoms with E-state index in [0.29, 0.717) is 41.1 Å². The van der Waals surface area contributed by atoms with Crippen LogP contribution in [0.4, 0.5) is 0 Å². The summed E-state index contributed by atoms with van der Waals surface area (Å²) in [7, 11) is 1.58. The van der Waals surface area contributed by atoms with Gasteiger partial charge in [0.05, 0.1) is 29.7 Å². The zero-order valence-electron chi connectivity index (χ0n) is 19.2. The Kier molecular flexibility index (Phi) is 6.78. The van der Waals surface area contributed by atoms with Crippen molar-refractivity contribution in [3.63, 3.8) is 0 Å². The molecule has 1 heterocycles. The zero-order valence-corrected chi connectivity index (χ0v) is 19.2. The van der Waals surface area contributed by atoms with Crippen molar-refractivity contribution in [3.05, 3.63) is 64.2 Å². The van der Waals surface area contributed by atoms with Gasteiger partial charge < -0.3 is 9.64 Å². The Morgan fingerprint density at radius 3 is 2.52 bits per heavy atom. The molecule has 0 bridgehead atoms. The van der Waals surface area contributed by atoms with Crippen LogP contribution in [-0.2, 0) is 4.79 Å². The lowest BCUT2D eigenvalue weighted by molar-refractivity contribution is -0.134. The van der Waals surface area contributed by atoms with E-state index in [2.05, 4.69) is 0 Å². The lowest BCUT2D eigenvalue weighted by Gasteiger charge is -2.30. The van der Waals surface area contributed by atoms with Crippen LogP contribution in [-0.4, -0.2) is 34.0 Å². The number of rotatable bonds is 7. The molecular weight excluding hydrogens is 390 g/mol. The summed E-state index contributed by atoms with van der Waals surface area (Å²) in [6, 6.07) is 12.6. The SMILES string of the molecule is CCN(C(=O)CC(C)C)C(C)c1nc2ccccc2c(=O)n1-c1cc(C)ccc1OC. The van der Waals surface area contributed by atoms with Gasteiger partial charge in [-0.1, -0.05) is 32.0 Å². The summed E-state index contributed by atoms with van der Waals surface area (Å²) in [5.74, 6) is 1.40. The van der Waals surface area contributed by atoms with E-state index in [1.807, 2.05) is 71.0 Å². The number of benzene rings is 2. The number of methoxy groups -OCH3 is 1. The monoisotopic (exact) mass is 421 g/mol. The number of aryl methyl sites for hydroxylation is 1. The second-order valence-electron chi connectivity index (χ2n) is 8.26. The van der Waals surface area contributed by atoms with E-state index in [4.69, 9.17) is 9.72 Å². The third kappa shape index (κ3) is 4.48. The molecule has 0 radical (unpaired) electrons. The molecule has 0 aliphatic rings. The molecule has 1 amide bonds. The Morgan fingerprint density at radius 2 is 1.87 bits per heavy atom. The van der Waals surface area contributed by atoms with E-state index in [1.54, 1.807) is 22.6 Å². The van der Waals surface area contributed by atoms with Crippen molar-refractivity contribution in [1.82, 2.24) is 14.5 Å². The molecule has 3 aromatic rings. The Bertz CT molecular complexity index is 1150. The quantitative estimate of drug-likeness (QED) is 0.557. The minimum absolute atomic E-state index is 0.0511. The third-order valence-corrected chi connectivity index (χ3v) is 5.46. The van der Waals surface area contributed by atoms with Crippen molar-refractivity contribution in [3.8, 4) is 11.4 Å².